The Morgan fingerprint density at radius 1 is 1.24 bits per heavy atom. The lowest BCUT2D eigenvalue weighted by molar-refractivity contribution is 0.206. The lowest BCUT2D eigenvalue weighted by Gasteiger charge is -2.27. The number of para-hydroxylation sites is 1. The molecular weight excluding hydrogens is 216 g/mol. The van der Waals surface area contributed by atoms with E-state index < -0.39 is 0 Å². The summed E-state index contributed by atoms with van der Waals surface area (Å²) >= 11 is 0. The molecule has 1 aliphatic rings. The van der Waals surface area contributed by atoms with Crippen molar-refractivity contribution in [2.45, 2.75) is 19.6 Å². The van der Waals surface area contributed by atoms with E-state index in [1.165, 1.54) is 0 Å². The normalized spacial score (nSPS) is 15.8. The van der Waals surface area contributed by atoms with Crippen molar-refractivity contribution in [3.05, 3.63) is 42.0 Å². The first kappa shape index (κ1) is 10.3. The number of aromatic hydroxyl groups is 1. The van der Waals surface area contributed by atoms with Crippen LogP contribution in [0.5, 0.6) is 5.75 Å². The number of hydrogen-bond acceptors (Lipinski definition) is 4. The second-order valence-electron chi connectivity index (χ2n) is 4.28. The molecule has 1 aliphatic heterocycles. The maximum atomic E-state index is 9.74. The Morgan fingerprint density at radius 3 is 3.00 bits per heavy atom. The molecule has 2 heterocycles. The number of fused-ring (bicyclic) bond motifs is 1. The van der Waals surface area contributed by atoms with Gasteiger partial charge in [-0.3, -0.25) is 4.90 Å². The van der Waals surface area contributed by atoms with Crippen LogP contribution in [0.2, 0.25) is 0 Å². The monoisotopic (exact) mass is 230 g/mol. The molecule has 0 radical (unpaired) electrons. The average molecular weight is 230 g/mol. The molecule has 2 aromatic rings. The fourth-order valence-electron chi connectivity index (χ4n) is 2.14. The van der Waals surface area contributed by atoms with Gasteiger partial charge in [-0.1, -0.05) is 18.2 Å². The molecule has 0 unspecified atom stereocenters. The number of aromatic nitrogens is 3. The topological polar surface area (TPSA) is 54.2 Å². The van der Waals surface area contributed by atoms with Crippen molar-refractivity contribution in [2.24, 2.45) is 0 Å². The molecule has 3 rings (SSSR count). The minimum Gasteiger partial charge on any atom is -0.508 e. The highest BCUT2D eigenvalue weighted by Crippen LogP contribution is 2.20. The number of phenols is 1. The predicted octanol–water partition coefficient (Wildman–Crippen LogP) is 1.000. The van der Waals surface area contributed by atoms with Crippen LogP contribution in [-0.2, 0) is 19.6 Å². The Balaban J connectivity index is 1.74. The lowest BCUT2D eigenvalue weighted by Crippen LogP contribution is -2.33. The molecular formula is C12H14N4O. The minimum atomic E-state index is 0.361. The largest absolute Gasteiger partial charge is 0.508 e. The second kappa shape index (κ2) is 4.18. The highest BCUT2D eigenvalue weighted by molar-refractivity contribution is 5.31. The van der Waals surface area contributed by atoms with Gasteiger partial charge in [0.25, 0.3) is 0 Å². The van der Waals surface area contributed by atoms with Crippen LogP contribution < -0.4 is 0 Å². The quantitative estimate of drug-likeness (QED) is 0.836. The van der Waals surface area contributed by atoms with E-state index in [0.717, 1.165) is 37.6 Å². The van der Waals surface area contributed by atoms with E-state index in [9.17, 15) is 5.11 Å². The first-order valence-corrected chi connectivity index (χ1v) is 5.69. The molecule has 88 valence electrons. The predicted molar refractivity (Wildman–Crippen MR) is 62.2 cm³/mol. The molecule has 0 saturated carbocycles. The zero-order valence-electron chi connectivity index (χ0n) is 9.45. The maximum absolute atomic E-state index is 9.74. The molecule has 17 heavy (non-hydrogen) atoms. The molecule has 1 N–H and O–H groups in total. The van der Waals surface area contributed by atoms with E-state index in [2.05, 4.69) is 19.7 Å². The molecule has 5 nitrogen and oxygen atoms in total. The molecule has 5 heteroatoms. The summed E-state index contributed by atoms with van der Waals surface area (Å²) in [5.41, 5.74) is 0.959. The standard InChI is InChI=1S/C12H14N4O/c17-11-4-2-1-3-10(11)7-15-5-6-16-9-13-14-12(16)8-15/h1-4,9,17H,5-8H2. The number of hydrogen-bond donors (Lipinski definition) is 1. The summed E-state index contributed by atoms with van der Waals surface area (Å²) in [5.74, 6) is 1.35. The van der Waals surface area contributed by atoms with Crippen LogP contribution in [0, 0.1) is 0 Å². The zero-order valence-corrected chi connectivity index (χ0v) is 9.45. The minimum absolute atomic E-state index is 0.361. The van der Waals surface area contributed by atoms with Crippen LogP contribution >= 0.6 is 0 Å². The van der Waals surface area contributed by atoms with Gasteiger partial charge in [-0.2, -0.15) is 0 Å². The highest BCUT2D eigenvalue weighted by atomic mass is 16.3. The van der Waals surface area contributed by atoms with Gasteiger partial charge in [0, 0.05) is 25.2 Å². The summed E-state index contributed by atoms with van der Waals surface area (Å²) in [6.45, 7) is 3.41. The molecule has 0 aliphatic carbocycles. The molecule has 0 bridgehead atoms. The van der Waals surface area contributed by atoms with Gasteiger partial charge in [0.05, 0.1) is 6.54 Å². The third-order valence-electron chi connectivity index (χ3n) is 3.10. The van der Waals surface area contributed by atoms with Crippen molar-refractivity contribution in [3.63, 3.8) is 0 Å². The summed E-state index contributed by atoms with van der Waals surface area (Å²) in [5, 5.41) is 17.7. The van der Waals surface area contributed by atoms with Gasteiger partial charge >= 0.3 is 0 Å². The summed E-state index contributed by atoms with van der Waals surface area (Å²) in [6, 6.07) is 7.46. The van der Waals surface area contributed by atoms with Gasteiger partial charge in [0.1, 0.15) is 17.9 Å². The second-order valence-corrected chi connectivity index (χ2v) is 4.28. The fourth-order valence-corrected chi connectivity index (χ4v) is 2.14. The van der Waals surface area contributed by atoms with Crippen molar-refractivity contribution in [3.8, 4) is 5.75 Å². The van der Waals surface area contributed by atoms with Gasteiger partial charge in [-0.25, -0.2) is 0 Å². The molecule has 1 aromatic heterocycles. The van der Waals surface area contributed by atoms with E-state index >= 15 is 0 Å². The van der Waals surface area contributed by atoms with E-state index in [1.54, 1.807) is 12.4 Å². The van der Waals surface area contributed by atoms with Crippen LogP contribution in [0.25, 0.3) is 0 Å². The van der Waals surface area contributed by atoms with Crippen LogP contribution in [0.15, 0.2) is 30.6 Å². The lowest BCUT2D eigenvalue weighted by atomic mass is 10.2. The summed E-state index contributed by atoms with van der Waals surface area (Å²) in [4.78, 5) is 2.26. The average Bonchev–Trinajstić information content (AvgIpc) is 2.79. The van der Waals surface area contributed by atoms with E-state index in [4.69, 9.17) is 0 Å². The highest BCUT2D eigenvalue weighted by Gasteiger charge is 2.18. The van der Waals surface area contributed by atoms with Crippen molar-refractivity contribution < 1.29 is 5.11 Å². The Morgan fingerprint density at radius 2 is 2.12 bits per heavy atom. The molecule has 0 fully saturated rings. The first-order valence-electron chi connectivity index (χ1n) is 5.69. The van der Waals surface area contributed by atoms with Crippen molar-refractivity contribution >= 4 is 0 Å². The third-order valence-corrected chi connectivity index (χ3v) is 3.10. The molecule has 1 aromatic carbocycles. The molecule has 0 atom stereocenters. The van der Waals surface area contributed by atoms with E-state index in [0.29, 0.717) is 5.75 Å². The van der Waals surface area contributed by atoms with Gasteiger partial charge in [-0.15, -0.1) is 10.2 Å². The number of rotatable bonds is 2. The third kappa shape index (κ3) is 2.01. The van der Waals surface area contributed by atoms with Crippen LogP contribution in [0.4, 0.5) is 0 Å². The van der Waals surface area contributed by atoms with E-state index in [1.807, 2.05) is 18.2 Å². The smallest absolute Gasteiger partial charge is 0.147 e. The Bertz CT molecular complexity index is 523. The Labute approximate surface area is 99.3 Å². The van der Waals surface area contributed by atoms with Crippen molar-refractivity contribution in [2.75, 3.05) is 6.54 Å². The summed E-state index contributed by atoms with van der Waals surface area (Å²) < 4.78 is 2.07. The Hall–Kier alpha value is -1.88. The molecule has 0 amide bonds. The van der Waals surface area contributed by atoms with Crippen LogP contribution in [0.3, 0.4) is 0 Å². The number of benzene rings is 1. The SMILES string of the molecule is Oc1ccccc1CN1CCn2cnnc2C1. The Kier molecular flexibility index (Phi) is 2.53. The van der Waals surface area contributed by atoms with Gasteiger partial charge in [0.2, 0.25) is 0 Å². The van der Waals surface area contributed by atoms with Crippen LogP contribution in [0.1, 0.15) is 11.4 Å². The number of nitrogens with zero attached hydrogens (tertiary/aromatic N) is 4. The first-order chi connectivity index (χ1) is 8.33. The summed E-state index contributed by atoms with van der Waals surface area (Å²) in [6.07, 6.45) is 1.77. The zero-order chi connectivity index (χ0) is 11.7. The number of phenolic OH excluding ortho intramolecular Hbond substituents is 1. The van der Waals surface area contributed by atoms with Gasteiger partial charge in [-0.05, 0) is 6.07 Å². The molecule has 0 saturated heterocycles. The van der Waals surface area contributed by atoms with Crippen molar-refractivity contribution in [1.82, 2.24) is 19.7 Å². The van der Waals surface area contributed by atoms with Crippen LogP contribution in [-0.4, -0.2) is 31.3 Å². The van der Waals surface area contributed by atoms with Gasteiger partial charge in [0.15, 0.2) is 0 Å². The van der Waals surface area contributed by atoms with Crippen molar-refractivity contribution in [1.29, 1.82) is 0 Å². The molecule has 0 spiro atoms. The van der Waals surface area contributed by atoms with Gasteiger partial charge < -0.3 is 9.67 Å². The fraction of sp³-hybridized carbons (Fsp3) is 0.333. The summed E-state index contributed by atoms with van der Waals surface area (Å²) in [7, 11) is 0. The van der Waals surface area contributed by atoms with E-state index in [-0.39, 0.29) is 0 Å². The maximum Gasteiger partial charge on any atom is 0.147 e.